The third kappa shape index (κ3) is 3.03. The van der Waals surface area contributed by atoms with Crippen LogP contribution < -0.4 is 0 Å². The summed E-state index contributed by atoms with van der Waals surface area (Å²) in [5.41, 5.74) is 3.96. The van der Waals surface area contributed by atoms with Crippen LogP contribution in [0.1, 0.15) is 32.6 Å². The molecule has 0 aliphatic rings. The molecule has 2 aromatic carbocycles. The van der Waals surface area contributed by atoms with Gasteiger partial charge in [-0.1, -0.05) is 11.2 Å². The van der Waals surface area contributed by atoms with E-state index in [0.29, 0.717) is 11.1 Å². The molecule has 1 N–H and O–H groups in total. The quantitative estimate of drug-likeness (QED) is 0.761. The Balaban J connectivity index is 2.13. The highest BCUT2D eigenvalue weighted by Crippen LogP contribution is 2.30. The van der Waals surface area contributed by atoms with E-state index in [2.05, 4.69) is 10.1 Å². The van der Waals surface area contributed by atoms with Crippen LogP contribution in [0.15, 0.2) is 28.8 Å². The number of carboxylic acids is 1. The number of carboxylic acid groups (broad SMARTS) is 1. The van der Waals surface area contributed by atoms with Crippen LogP contribution in [0.25, 0.3) is 22.8 Å². The molecule has 0 atom stereocenters. The molecule has 0 aliphatic carbocycles. The van der Waals surface area contributed by atoms with E-state index in [1.807, 2.05) is 20.8 Å². The monoisotopic (exact) mass is 340 g/mol. The van der Waals surface area contributed by atoms with Gasteiger partial charge in [-0.15, -0.1) is 0 Å². The first-order valence-corrected chi connectivity index (χ1v) is 7.73. The zero-order valence-electron chi connectivity index (χ0n) is 14.3. The van der Waals surface area contributed by atoms with Gasteiger partial charge in [0.15, 0.2) is 0 Å². The van der Waals surface area contributed by atoms with E-state index in [9.17, 15) is 14.3 Å². The molecule has 0 unspecified atom stereocenters. The second kappa shape index (κ2) is 6.12. The molecule has 0 spiro atoms. The lowest BCUT2D eigenvalue weighted by Crippen LogP contribution is -2.00. The number of carbonyl (C=O) groups is 1. The highest BCUT2D eigenvalue weighted by molar-refractivity contribution is 5.90. The van der Waals surface area contributed by atoms with Gasteiger partial charge in [0.1, 0.15) is 5.82 Å². The van der Waals surface area contributed by atoms with Crippen molar-refractivity contribution in [3.8, 4) is 22.8 Å². The van der Waals surface area contributed by atoms with Gasteiger partial charge in [-0.3, -0.25) is 0 Å². The van der Waals surface area contributed by atoms with Crippen molar-refractivity contribution < 1.29 is 18.8 Å². The Hall–Kier alpha value is -3.02. The van der Waals surface area contributed by atoms with Crippen LogP contribution in [0.3, 0.4) is 0 Å². The predicted octanol–water partition coefficient (Wildman–Crippen LogP) is 4.47. The van der Waals surface area contributed by atoms with E-state index >= 15 is 0 Å². The molecule has 128 valence electrons. The topological polar surface area (TPSA) is 76.2 Å². The average molecular weight is 340 g/mol. The number of hydrogen-bond donors (Lipinski definition) is 1. The minimum atomic E-state index is -1.03. The Morgan fingerprint density at radius 1 is 1.04 bits per heavy atom. The summed E-state index contributed by atoms with van der Waals surface area (Å²) in [5.74, 6) is -1.14. The molecule has 1 aromatic heterocycles. The van der Waals surface area contributed by atoms with E-state index in [1.54, 1.807) is 25.1 Å². The standard InChI is InChI=1S/C19H17FN2O3/c1-9-5-11(3)16(20)15(6-9)18-21-17(22-25-18)14-8-13(19(23)24)7-10(2)12(14)4/h5-8H,1-4H3,(H,23,24). The lowest BCUT2D eigenvalue weighted by Gasteiger charge is -2.07. The largest absolute Gasteiger partial charge is 0.478 e. The Morgan fingerprint density at radius 2 is 1.76 bits per heavy atom. The summed E-state index contributed by atoms with van der Waals surface area (Å²) in [5, 5.41) is 13.2. The van der Waals surface area contributed by atoms with E-state index < -0.39 is 11.8 Å². The van der Waals surface area contributed by atoms with E-state index in [0.717, 1.165) is 16.7 Å². The van der Waals surface area contributed by atoms with Gasteiger partial charge in [-0.05, 0) is 68.1 Å². The van der Waals surface area contributed by atoms with Crippen molar-refractivity contribution in [3.05, 3.63) is 57.9 Å². The van der Waals surface area contributed by atoms with Crippen molar-refractivity contribution in [3.63, 3.8) is 0 Å². The number of aromatic carboxylic acids is 1. The molecular weight excluding hydrogens is 323 g/mol. The molecule has 6 heteroatoms. The molecule has 0 amide bonds. The molecule has 0 bridgehead atoms. The summed E-state index contributed by atoms with van der Waals surface area (Å²) < 4.78 is 19.6. The third-order valence-corrected chi connectivity index (χ3v) is 4.21. The summed E-state index contributed by atoms with van der Waals surface area (Å²) in [6.07, 6.45) is 0. The maximum Gasteiger partial charge on any atom is 0.335 e. The van der Waals surface area contributed by atoms with Gasteiger partial charge in [0.25, 0.3) is 5.89 Å². The van der Waals surface area contributed by atoms with Gasteiger partial charge in [0, 0.05) is 5.56 Å². The molecular formula is C19H17FN2O3. The van der Waals surface area contributed by atoms with Gasteiger partial charge in [-0.25, -0.2) is 9.18 Å². The van der Waals surface area contributed by atoms with Gasteiger partial charge in [-0.2, -0.15) is 4.98 Å². The Kier molecular flexibility index (Phi) is 4.12. The smallest absolute Gasteiger partial charge is 0.335 e. The van der Waals surface area contributed by atoms with Gasteiger partial charge in [0.05, 0.1) is 11.1 Å². The fourth-order valence-electron chi connectivity index (χ4n) is 2.76. The van der Waals surface area contributed by atoms with E-state index in [-0.39, 0.29) is 22.8 Å². The molecule has 0 radical (unpaired) electrons. The first-order chi connectivity index (χ1) is 11.8. The average Bonchev–Trinajstić information content (AvgIpc) is 3.02. The number of aryl methyl sites for hydroxylation is 3. The zero-order chi connectivity index (χ0) is 18.3. The molecule has 0 aliphatic heterocycles. The fraction of sp³-hybridized carbons (Fsp3) is 0.211. The van der Waals surface area contributed by atoms with E-state index in [1.165, 1.54) is 6.07 Å². The molecule has 3 rings (SSSR count). The minimum Gasteiger partial charge on any atom is -0.478 e. The molecule has 5 nitrogen and oxygen atoms in total. The van der Waals surface area contributed by atoms with Crippen LogP contribution in [-0.4, -0.2) is 21.2 Å². The van der Waals surface area contributed by atoms with Crippen LogP contribution >= 0.6 is 0 Å². The number of aromatic nitrogens is 2. The van der Waals surface area contributed by atoms with Crippen molar-refractivity contribution in [1.82, 2.24) is 10.1 Å². The minimum absolute atomic E-state index is 0.0667. The summed E-state index contributed by atoms with van der Waals surface area (Å²) in [6, 6.07) is 6.47. The number of nitrogens with zero attached hydrogens (tertiary/aromatic N) is 2. The summed E-state index contributed by atoms with van der Waals surface area (Å²) in [4.78, 5) is 15.6. The normalized spacial score (nSPS) is 10.9. The molecule has 0 saturated carbocycles. The first kappa shape index (κ1) is 16.8. The molecule has 0 saturated heterocycles. The van der Waals surface area contributed by atoms with Crippen LogP contribution in [0.4, 0.5) is 4.39 Å². The fourth-order valence-corrected chi connectivity index (χ4v) is 2.76. The molecule has 25 heavy (non-hydrogen) atoms. The van der Waals surface area contributed by atoms with Gasteiger partial charge >= 0.3 is 5.97 Å². The Labute approximate surface area is 144 Å². The molecule has 1 heterocycles. The van der Waals surface area contributed by atoms with Crippen molar-refractivity contribution in [2.75, 3.05) is 0 Å². The van der Waals surface area contributed by atoms with Crippen LogP contribution in [-0.2, 0) is 0 Å². The second-order valence-corrected chi connectivity index (χ2v) is 6.14. The molecule has 3 aromatic rings. The maximum atomic E-state index is 14.4. The highest BCUT2D eigenvalue weighted by Gasteiger charge is 2.19. The number of benzene rings is 2. The lowest BCUT2D eigenvalue weighted by atomic mass is 9.99. The lowest BCUT2D eigenvalue weighted by molar-refractivity contribution is 0.0697. The number of rotatable bonds is 3. The zero-order valence-corrected chi connectivity index (χ0v) is 14.3. The maximum absolute atomic E-state index is 14.4. The first-order valence-electron chi connectivity index (χ1n) is 7.73. The Bertz CT molecular complexity index is 993. The van der Waals surface area contributed by atoms with Crippen molar-refractivity contribution in [1.29, 1.82) is 0 Å². The predicted molar refractivity (Wildman–Crippen MR) is 91.0 cm³/mol. The SMILES string of the molecule is Cc1cc(C)c(F)c(-c2nc(-c3cc(C(=O)O)cc(C)c3C)no2)c1. The number of hydrogen-bond acceptors (Lipinski definition) is 4. The summed E-state index contributed by atoms with van der Waals surface area (Å²) >= 11 is 0. The van der Waals surface area contributed by atoms with Crippen LogP contribution in [0, 0.1) is 33.5 Å². The van der Waals surface area contributed by atoms with Crippen molar-refractivity contribution in [2.45, 2.75) is 27.7 Å². The summed E-state index contributed by atoms with van der Waals surface area (Å²) in [7, 11) is 0. The van der Waals surface area contributed by atoms with Gasteiger partial charge < -0.3 is 9.63 Å². The van der Waals surface area contributed by atoms with Crippen molar-refractivity contribution >= 4 is 5.97 Å². The molecule has 0 fully saturated rings. The van der Waals surface area contributed by atoms with Gasteiger partial charge in [0.2, 0.25) is 5.82 Å². The Morgan fingerprint density at radius 3 is 2.44 bits per heavy atom. The van der Waals surface area contributed by atoms with Crippen LogP contribution in [0.5, 0.6) is 0 Å². The van der Waals surface area contributed by atoms with Crippen LogP contribution in [0.2, 0.25) is 0 Å². The summed E-state index contributed by atoms with van der Waals surface area (Å²) in [6.45, 7) is 7.20. The second-order valence-electron chi connectivity index (χ2n) is 6.14. The number of halogens is 1. The highest BCUT2D eigenvalue weighted by atomic mass is 19.1. The van der Waals surface area contributed by atoms with Crippen molar-refractivity contribution in [2.24, 2.45) is 0 Å². The van der Waals surface area contributed by atoms with E-state index in [4.69, 9.17) is 4.52 Å². The third-order valence-electron chi connectivity index (χ3n) is 4.21.